The molecule has 0 saturated carbocycles. The Morgan fingerprint density at radius 1 is 1.25 bits per heavy atom. The third-order valence-electron chi connectivity index (χ3n) is 6.71. The lowest BCUT2D eigenvalue weighted by Gasteiger charge is -2.21. The second-order valence-corrected chi connectivity index (χ2v) is 11.2. The quantitative estimate of drug-likeness (QED) is 0.301. The Bertz CT molecular complexity index is 1860. The van der Waals surface area contributed by atoms with E-state index in [0.717, 1.165) is 40.5 Å². The van der Waals surface area contributed by atoms with Crippen LogP contribution in [0, 0.1) is 6.92 Å². The molecule has 2 aromatic carbocycles. The van der Waals surface area contributed by atoms with Crippen molar-refractivity contribution in [2.24, 2.45) is 0 Å². The Balaban J connectivity index is 1.35. The van der Waals surface area contributed by atoms with Crippen LogP contribution in [-0.2, 0) is 34.3 Å². The third-order valence-corrected chi connectivity index (χ3v) is 8.06. The van der Waals surface area contributed by atoms with Crippen LogP contribution >= 0.6 is 0 Å². The van der Waals surface area contributed by atoms with Gasteiger partial charge in [0.05, 0.1) is 32.0 Å². The van der Waals surface area contributed by atoms with Gasteiger partial charge in [0.25, 0.3) is 10.0 Å². The van der Waals surface area contributed by atoms with Crippen molar-refractivity contribution in [2.45, 2.75) is 37.8 Å². The fourth-order valence-electron chi connectivity index (χ4n) is 4.92. The number of carbonyl (C=O) groups excluding carboxylic acids is 1. The molecule has 12 nitrogen and oxygen atoms in total. The fourth-order valence-corrected chi connectivity index (χ4v) is 6.19. The van der Waals surface area contributed by atoms with Crippen molar-refractivity contribution in [2.75, 3.05) is 18.4 Å². The number of amides is 1. The number of carbonyl (C=O) groups is 1. The van der Waals surface area contributed by atoms with Gasteiger partial charge >= 0.3 is 6.09 Å². The van der Waals surface area contributed by atoms with Crippen molar-refractivity contribution in [1.29, 1.82) is 0 Å². The molecule has 0 radical (unpaired) electrons. The highest BCUT2D eigenvalue weighted by molar-refractivity contribution is 7.93. The molecule has 4 heterocycles. The van der Waals surface area contributed by atoms with E-state index in [1.54, 1.807) is 29.2 Å². The molecule has 5 aromatic rings. The maximum Gasteiger partial charge on any atom is 0.407 e. The van der Waals surface area contributed by atoms with Crippen LogP contribution < -0.4 is 14.8 Å². The topological polar surface area (TPSA) is 150 Å². The monoisotopic (exact) mass is 562 g/mol. The second kappa shape index (κ2) is 10.2. The molecule has 0 spiro atoms. The summed E-state index contributed by atoms with van der Waals surface area (Å²) < 4.78 is 47.8. The SMILES string of the molecule is COC(=O)NCc1cnn(Cc2cc3onc(NS(=O)(=O)c4cc(C)cc5cccnc45)c3c3c2CCCO3)c1. The zero-order chi connectivity index (χ0) is 27.9. The molecule has 0 aliphatic carbocycles. The Morgan fingerprint density at radius 3 is 2.98 bits per heavy atom. The first kappa shape index (κ1) is 25.6. The van der Waals surface area contributed by atoms with E-state index < -0.39 is 16.1 Å². The number of pyridine rings is 1. The Hall–Kier alpha value is -4.65. The van der Waals surface area contributed by atoms with Gasteiger partial charge in [0.1, 0.15) is 16.0 Å². The van der Waals surface area contributed by atoms with E-state index >= 15 is 0 Å². The van der Waals surface area contributed by atoms with Crippen molar-refractivity contribution < 1.29 is 27.2 Å². The molecule has 1 aliphatic heterocycles. The zero-order valence-corrected chi connectivity index (χ0v) is 22.6. The van der Waals surface area contributed by atoms with Gasteiger partial charge in [-0.15, -0.1) is 0 Å². The highest BCUT2D eigenvalue weighted by atomic mass is 32.2. The van der Waals surface area contributed by atoms with E-state index in [0.29, 0.717) is 35.4 Å². The number of hydrogen-bond donors (Lipinski definition) is 2. The van der Waals surface area contributed by atoms with Gasteiger partial charge in [0.2, 0.25) is 0 Å². The minimum Gasteiger partial charge on any atom is -0.492 e. The van der Waals surface area contributed by atoms with Gasteiger partial charge in [-0.2, -0.15) is 5.10 Å². The first-order valence-electron chi connectivity index (χ1n) is 12.6. The molecule has 0 atom stereocenters. The molecule has 3 aromatic heterocycles. The van der Waals surface area contributed by atoms with Gasteiger partial charge in [-0.05, 0) is 55.2 Å². The number of aromatic nitrogens is 4. The molecular weight excluding hydrogens is 536 g/mol. The molecular formula is C27H26N6O6S. The lowest BCUT2D eigenvalue weighted by Crippen LogP contribution is -2.21. The van der Waals surface area contributed by atoms with Gasteiger partial charge in [0, 0.05) is 35.5 Å². The second-order valence-electron chi connectivity index (χ2n) is 9.53. The Labute approximate surface area is 229 Å². The molecule has 0 fully saturated rings. The number of methoxy groups -OCH3 is 1. The van der Waals surface area contributed by atoms with E-state index in [4.69, 9.17) is 9.26 Å². The number of fused-ring (bicyclic) bond motifs is 4. The van der Waals surface area contributed by atoms with E-state index in [9.17, 15) is 13.2 Å². The smallest absolute Gasteiger partial charge is 0.407 e. The van der Waals surface area contributed by atoms with Crippen LogP contribution in [0.2, 0.25) is 0 Å². The molecule has 40 heavy (non-hydrogen) atoms. The number of aryl methyl sites for hydroxylation is 1. The van der Waals surface area contributed by atoms with Crippen LogP contribution in [0.3, 0.4) is 0 Å². The number of hydrogen-bond acceptors (Lipinski definition) is 9. The molecule has 0 unspecified atom stereocenters. The van der Waals surface area contributed by atoms with Crippen molar-refractivity contribution in [3.63, 3.8) is 0 Å². The fraction of sp³-hybridized carbons (Fsp3) is 0.259. The van der Waals surface area contributed by atoms with Crippen LogP contribution in [0.5, 0.6) is 5.75 Å². The van der Waals surface area contributed by atoms with E-state index in [1.165, 1.54) is 7.11 Å². The van der Waals surface area contributed by atoms with Crippen molar-refractivity contribution in [1.82, 2.24) is 25.2 Å². The van der Waals surface area contributed by atoms with Crippen LogP contribution in [0.25, 0.3) is 21.9 Å². The van der Waals surface area contributed by atoms with E-state index in [2.05, 4.69) is 30.0 Å². The van der Waals surface area contributed by atoms with Gasteiger partial charge in [-0.25, -0.2) is 13.2 Å². The summed E-state index contributed by atoms with van der Waals surface area (Å²) in [5.74, 6) is 0.602. The number of alkyl carbamates (subject to hydrolysis) is 1. The Morgan fingerprint density at radius 2 is 2.12 bits per heavy atom. The standard InChI is InChI=1S/C27H26N6O6S/c1-16-9-18-5-3-7-28-24(18)22(10-16)40(35,36)32-26-23-21(39-31-26)11-19(20-6-4-8-38-25(20)23)15-33-14-17(13-30-33)12-29-27(34)37-2/h3,5,7,9-11,13-14H,4,6,8,12,15H2,1-2H3,(H,29,34)(H,31,32). The predicted molar refractivity (Wildman–Crippen MR) is 146 cm³/mol. The number of nitrogens with zero attached hydrogens (tertiary/aromatic N) is 4. The van der Waals surface area contributed by atoms with Crippen molar-refractivity contribution in [3.05, 3.63) is 71.2 Å². The van der Waals surface area contributed by atoms with Crippen molar-refractivity contribution >= 4 is 43.8 Å². The van der Waals surface area contributed by atoms with Crippen LogP contribution in [0.4, 0.5) is 10.6 Å². The largest absolute Gasteiger partial charge is 0.492 e. The van der Waals surface area contributed by atoms with Gasteiger partial charge in [-0.3, -0.25) is 14.4 Å². The molecule has 1 aliphatic rings. The minimum absolute atomic E-state index is 0.0561. The first-order valence-corrected chi connectivity index (χ1v) is 14.1. The lowest BCUT2D eigenvalue weighted by molar-refractivity contribution is 0.170. The number of sulfonamides is 1. The van der Waals surface area contributed by atoms with Crippen molar-refractivity contribution in [3.8, 4) is 5.75 Å². The van der Waals surface area contributed by atoms with Gasteiger partial charge in [0.15, 0.2) is 11.4 Å². The number of benzene rings is 2. The number of ether oxygens (including phenoxy) is 2. The van der Waals surface area contributed by atoms with Gasteiger partial charge < -0.3 is 19.3 Å². The molecule has 1 amide bonds. The number of rotatable bonds is 7. The summed E-state index contributed by atoms with van der Waals surface area (Å²) in [6.07, 6.45) is 6.09. The molecule has 0 saturated heterocycles. The van der Waals surface area contributed by atoms with Gasteiger partial charge in [-0.1, -0.05) is 11.2 Å². The summed E-state index contributed by atoms with van der Waals surface area (Å²) >= 11 is 0. The molecule has 13 heteroatoms. The van der Waals surface area contributed by atoms with Crippen LogP contribution in [0.15, 0.2) is 58.3 Å². The molecule has 2 N–H and O–H groups in total. The summed E-state index contributed by atoms with van der Waals surface area (Å²) in [5.41, 5.74) is 4.21. The summed E-state index contributed by atoms with van der Waals surface area (Å²) in [4.78, 5) is 15.7. The first-order chi connectivity index (χ1) is 19.3. The minimum atomic E-state index is -4.06. The summed E-state index contributed by atoms with van der Waals surface area (Å²) in [5, 5.41) is 12.3. The average molecular weight is 563 g/mol. The zero-order valence-electron chi connectivity index (χ0n) is 21.8. The summed E-state index contributed by atoms with van der Waals surface area (Å²) in [6, 6.07) is 8.90. The molecule has 6 rings (SSSR count). The highest BCUT2D eigenvalue weighted by Crippen LogP contribution is 2.41. The Kier molecular flexibility index (Phi) is 6.50. The molecule has 0 bridgehead atoms. The van der Waals surface area contributed by atoms with Crippen LogP contribution in [0.1, 0.15) is 28.7 Å². The lowest BCUT2D eigenvalue weighted by atomic mass is 9.97. The predicted octanol–water partition coefficient (Wildman–Crippen LogP) is 3.91. The number of nitrogens with one attached hydrogen (secondary N) is 2. The maximum absolute atomic E-state index is 13.6. The normalized spacial score (nSPS) is 13.2. The summed E-state index contributed by atoms with van der Waals surface area (Å²) in [7, 11) is -2.76. The maximum atomic E-state index is 13.6. The third kappa shape index (κ3) is 4.79. The van der Waals surface area contributed by atoms with Crippen LogP contribution in [-0.4, -0.2) is 48.1 Å². The highest BCUT2D eigenvalue weighted by Gasteiger charge is 2.28. The summed E-state index contributed by atoms with van der Waals surface area (Å²) in [6.45, 7) is 3.02. The van der Waals surface area contributed by atoms with E-state index in [-0.39, 0.29) is 17.3 Å². The van der Waals surface area contributed by atoms with E-state index in [1.807, 2.05) is 31.3 Å². The molecule has 206 valence electrons. The number of anilines is 1. The average Bonchev–Trinajstić information content (AvgIpc) is 3.57.